The molecule has 0 bridgehead atoms. The zero-order valence-electron chi connectivity index (χ0n) is 16.8. The number of aryl methyl sites for hydroxylation is 1. The van der Waals surface area contributed by atoms with Gasteiger partial charge < -0.3 is 20.7 Å². The standard InChI is InChI=1S/C20H23N3O5S/c1-10-12(3)29-19(22-14(5)25)17(10)20(27)28-11(2)18(26)23-16-8-6-15(7-9-16)21-13(4)24/h6-9,11H,1-5H3,(H,21,24)(H,22,25)(H,23,26)/t11-/m1/s1. The molecule has 29 heavy (non-hydrogen) atoms. The van der Waals surface area contributed by atoms with Gasteiger partial charge in [0.25, 0.3) is 5.91 Å². The number of hydrogen-bond acceptors (Lipinski definition) is 6. The molecule has 3 amide bonds. The Morgan fingerprint density at radius 2 is 1.41 bits per heavy atom. The van der Waals surface area contributed by atoms with Crippen molar-refractivity contribution in [3.8, 4) is 0 Å². The van der Waals surface area contributed by atoms with Crippen LogP contribution in [-0.4, -0.2) is 29.8 Å². The molecule has 0 fully saturated rings. The number of ether oxygens (including phenoxy) is 1. The fourth-order valence-electron chi connectivity index (χ4n) is 2.48. The van der Waals surface area contributed by atoms with Crippen molar-refractivity contribution in [2.24, 2.45) is 0 Å². The summed E-state index contributed by atoms with van der Waals surface area (Å²) in [5.41, 5.74) is 2.05. The van der Waals surface area contributed by atoms with Crippen LogP contribution in [0.3, 0.4) is 0 Å². The lowest BCUT2D eigenvalue weighted by Crippen LogP contribution is -2.30. The van der Waals surface area contributed by atoms with E-state index in [9.17, 15) is 19.2 Å². The van der Waals surface area contributed by atoms with Gasteiger partial charge >= 0.3 is 5.97 Å². The lowest BCUT2D eigenvalue weighted by Gasteiger charge is -2.14. The highest BCUT2D eigenvalue weighted by Crippen LogP contribution is 2.33. The van der Waals surface area contributed by atoms with Crippen LogP contribution in [0, 0.1) is 13.8 Å². The maximum Gasteiger partial charge on any atom is 0.342 e. The molecule has 9 heteroatoms. The van der Waals surface area contributed by atoms with Crippen LogP contribution in [-0.2, 0) is 19.1 Å². The average Bonchev–Trinajstić information content (AvgIpc) is 2.89. The van der Waals surface area contributed by atoms with Gasteiger partial charge in [-0.1, -0.05) is 0 Å². The summed E-state index contributed by atoms with van der Waals surface area (Å²) in [6.45, 7) is 7.82. The highest BCUT2D eigenvalue weighted by molar-refractivity contribution is 7.16. The van der Waals surface area contributed by atoms with E-state index in [2.05, 4.69) is 16.0 Å². The van der Waals surface area contributed by atoms with Gasteiger partial charge in [-0.2, -0.15) is 0 Å². The number of thiophene rings is 1. The van der Waals surface area contributed by atoms with Crippen molar-refractivity contribution in [1.29, 1.82) is 0 Å². The third kappa shape index (κ3) is 5.89. The van der Waals surface area contributed by atoms with E-state index in [1.165, 1.54) is 32.1 Å². The Morgan fingerprint density at radius 1 is 0.897 bits per heavy atom. The molecule has 1 heterocycles. The third-order valence-electron chi connectivity index (χ3n) is 4.00. The minimum Gasteiger partial charge on any atom is -0.449 e. The number of rotatable bonds is 6. The second kappa shape index (κ2) is 9.33. The van der Waals surface area contributed by atoms with Crippen LogP contribution in [0.15, 0.2) is 24.3 Å². The van der Waals surface area contributed by atoms with Gasteiger partial charge in [-0.15, -0.1) is 11.3 Å². The first-order valence-electron chi connectivity index (χ1n) is 8.85. The topological polar surface area (TPSA) is 114 Å². The fourth-order valence-corrected chi connectivity index (χ4v) is 3.57. The normalized spacial score (nSPS) is 11.3. The van der Waals surface area contributed by atoms with E-state index in [4.69, 9.17) is 4.74 Å². The van der Waals surface area contributed by atoms with Crippen LogP contribution >= 0.6 is 11.3 Å². The summed E-state index contributed by atoms with van der Waals surface area (Å²) >= 11 is 1.28. The second-order valence-corrected chi connectivity index (χ2v) is 7.69. The average molecular weight is 417 g/mol. The van der Waals surface area contributed by atoms with Crippen LogP contribution in [0.2, 0.25) is 0 Å². The molecule has 0 saturated heterocycles. The Morgan fingerprint density at radius 3 is 1.93 bits per heavy atom. The summed E-state index contributed by atoms with van der Waals surface area (Å²) in [4.78, 5) is 48.3. The zero-order valence-corrected chi connectivity index (χ0v) is 17.7. The quantitative estimate of drug-likeness (QED) is 0.623. The number of carbonyl (C=O) groups is 4. The first-order valence-corrected chi connectivity index (χ1v) is 9.67. The highest BCUT2D eigenvalue weighted by atomic mass is 32.1. The molecular formula is C20H23N3O5S. The van der Waals surface area contributed by atoms with Crippen LogP contribution < -0.4 is 16.0 Å². The number of benzene rings is 1. The van der Waals surface area contributed by atoms with Crippen molar-refractivity contribution < 1.29 is 23.9 Å². The van der Waals surface area contributed by atoms with Crippen molar-refractivity contribution in [3.63, 3.8) is 0 Å². The van der Waals surface area contributed by atoms with E-state index in [1.807, 2.05) is 6.92 Å². The number of amides is 3. The molecule has 2 aromatic rings. The monoisotopic (exact) mass is 417 g/mol. The molecule has 0 aliphatic heterocycles. The smallest absolute Gasteiger partial charge is 0.342 e. The van der Waals surface area contributed by atoms with Gasteiger partial charge in [-0.25, -0.2) is 4.79 Å². The van der Waals surface area contributed by atoms with Crippen molar-refractivity contribution >= 4 is 51.4 Å². The van der Waals surface area contributed by atoms with Crippen molar-refractivity contribution in [2.45, 2.75) is 40.7 Å². The van der Waals surface area contributed by atoms with Gasteiger partial charge in [-0.05, 0) is 50.6 Å². The molecule has 0 saturated carbocycles. The summed E-state index contributed by atoms with van der Waals surface area (Å²) in [6, 6.07) is 6.54. The Labute approximate surface area is 172 Å². The van der Waals surface area contributed by atoms with Crippen LogP contribution in [0.5, 0.6) is 0 Å². The van der Waals surface area contributed by atoms with Gasteiger partial charge in [0.05, 0.1) is 5.56 Å². The summed E-state index contributed by atoms with van der Waals surface area (Å²) < 4.78 is 5.31. The number of hydrogen-bond donors (Lipinski definition) is 3. The number of anilines is 3. The zero-order chi connectivity index (χ0) is 21.7. The van der Waals surface area contributed by atoms with Gasteiger partial charge in [0.2, 0.25) is 11.8 Å². The minimum absolute atomic E-state index is 0.195. The van der Waals surface area contributed by atoms with Crippen LogP contribution in [0.25, 0.3) is 0 Å². The molecule has 0 radical (unpaired) electrons. The van der Waals surface area contributed by atoms with E-state index in [0.717, 1.165) is 4.88 Å². The van der Waals surface area contributed by atoms with Crippen molar-refractivity contribution in [2.75, 3.05) is 16.0 Å². The van der Waals surface area contributed by atoms with Gasteiger partial charge in [0, 0.05) is 30.1 Å². The van der Waals surface area contributed by atoms with Gasteiger partial charge in [-0.3, -0.25) is 14.4 Å². The predicted octanol–water partition coefficient (Wildman–Crippen LogP) is 3.47. The lowest BCUT2D eigenvalue weighted by molar-refractivity contribution is -0.123. The molecular weight excluding hydrogens is 394 g/mol. The third-order valence-corrected chi connectivity index (χ3v) is 5.13. The van der Waals surface area contributed by atoms with Crippen molar-refractivity contribution in [1.82, 2.24) is 0 Å². The Bertz CT molecular complexity index is 950. The summed E-state index contributed by atoms with van der Waals surface area (Å²) in [5, 5.41) is 8.30. The molecule has 0 unspecified atom stereocenters. The molecule has 1 aromatic carbocycles. The predicted molar refractivity (Wildman–Crippen MR) is 112 cm³/mol. The van der Waals surface area contributed by atoms with E-state index in [-0.39, 0.29) is 17.4 Å². The molecule has 2 rings (SSSR count). The molecule has 0 aliphatic carbocycles. The maximum absolute atomic E-state index is 12.6. The van der Waals surface area contributed by atoms with E-state index in [0.29, 0.717) is 21.9 Å². The van der Waals surface area contributed by atoms with Gasteiger partial charge in [0.15, 0.2) is 6.10 Å². The number of carbonyl (C=O) groups excluding carboxylic acids is 4. The minimum atomic E-state index is -1.05. The van der Waals surface area contributed by atoms with E-state index in [1.54, 1.807) is 31.2 Å². The molecule has 154 valence electrons. The van der Waals surface area contributed by atoms with Crippen LogP contribution in [0.4, 0.5) is 16.4 Å². The summed E-state index contributed by atoms with van der Waals surface area (Å²) in [6.07, 6.45) is -1.05. The second-order valence-electron chi connectivity index (χ2n) is 6.46. The number of esters is 1. The highest BCUT2D eigenvalue weighted by Gasteiger charge is 2.25. The largest absolute Gasteiger partial charge is 0.449 e. The molecule has 3 N–H and O–H groups in total. The first kappa shape index (κ1) is 22.1. The molecule has 8 nitrogen and oxygen atoms in total. The Balaban J connectivity index is 2.05. The van der Waals surface area contributed by atoms with Gasteiger partial charge in [0.1, 0.15) is 5.00 Å². The number of nitrogens with one attached hydrogen (secondary N) is 3. The lowest BCUT2D eigenvalue weighted by atomic mass is 10.1. The Kier molecular flexibility index (Phi) is 7.11. The molecule has 1 atom stereocenters. The maximum atomic E-state index is 12.6. The van der Waals surface area contributed by atoms with Crippen LogP contribution in [0.1, 0.15) is 41.6 Å². The van der Waals surface area contributed by atoms with Crippen molar-refractivity contribution in [3.05, 3.63) is 40.3 Å². The fraction of sp³-hybridized carbons (Fsp3) is 0.300. The Hall–Kier alpha value is -3.20. The first-order chi connectivity index (χ1) is 13.6. The van der Waals surface area contributed by atoms with E-state index >= 15 is 0 Å². The molecule has 1 aromatic heterocycles. The molecule has 0 spiro atoms. The van der Waals surface area contributed by atoms with E-state index < -0.39 is 18.0 Å². The SMILES string of the molecule is CC(=O)Nc1ccc(NC(=O)[C@@H](C)OC(=O)c2c(NC(C)=O)sc(C)c2C)cc1. The molecule has 0 aliphatic rings. The summed E-state index contributed by atoms with van der Waals surface area (Å²) in [5.74, 6) is -1.68. The summed E-state index contributed by atoms with van der Waals surface area (Å²) in [7, 11) is 0.